The minimum atomic E-state index is -1.71. The zero-order chi connectivity index (χ0) is 22.1. The highest BCUT2D eigenvalue weighted by Crippen LogP contribution is 2.47. The number of nitriles is 1. The number of nitrogens with one attached hydrogen (secondary N) is 1. The highest BCUT2D eigenvalue weighted by atomic mass is 32.2. The lowest BCUT2D eigenvalue weighted by molar-refractivity contribution is -0.192. The molecule has 2 aliphatic heterocycles. The van der Waals surface area contributed by atoms with Crippen molar-refractivity contribution >= 4 is 53.1 Å². The standard InChI is InChI=1S/C16H18N6O5S3/c1-21-7-18-20-15(21)30-6-8-5-29-14-16(27-2,19-11(23)9(4-17)28-3)13(26)22(14)10(8)12(24)25/h7,9,14H,5-6H2,1-3H3,(H,19,23)(H,24,25)/t9?,14-,16-/m0/s1. The second-order valence-electron chi connectivity index (χ2n) is 6.28. The van der Waals surface area contributed by atoms with Crippen molar-refractivity contribution in [3.63, 3.8) is 0 Å². The molecule has 0 saturated carbocycles. The van der Waals surface area contributed by atoms with Gasteiger partial charge in [0.2, 0.25) is 5.91 Å². The highest BCUT2D eigenvalue weighted by Gasteiger charge is 2.66. The maximum absolute atomic E-state index is 13.0. The number of β-lactam (4-membered cyclic amide) rings is 1. The molecule has 0 aliphatic carbocycles. The van der Waals surface area contributed by atoms with E-state index in [4.69, 9.17) is 10.00 Å². The molecule has 1 unspecified atom stereocenters. The topological polar surface area (TPSA) is 150 Å². The normalized spacial score (nSPS) is 24.0. The van der Waals surface area contributed by atoms with Gasteiger partial charge in [0, 0.05) is 25.7 Å². The fourth-order valence-electron chi connectivity index (χ4n) is 3.08. The number of methoxy groups -OCH3 is 1. The van der Waals surface area contributed by atoms with Gasteiger partial charge in [-0.25, -0.2) is 4.79 Å². The first-order valence-corrected chi connectivity index (χ1v) is 11.8. The maximum atomic E-state index is 13.0. The molecule has 2 aliphatic rings. The molecule has 2 N–H and O–H groups in total. The van der Waals surface area contributed by atoms with Crippen LogP contribution in [-0.4, -0.2) is 83.8 Å². The first-order chi connectivity index (χ1) is 14.3. The van der Waals surface area contributed by atoms with E-state index < -0.39 is 34.1 Å². The summed E-state index contributed by atoms with van der Waals surface area (Å²) in [4.78, 5) is 38.5. The molecule has 0 spiro atoms. The number of fused-ring (bicyclic) bond motifs is 1. The van der Waals surface area contributed by atoms with Crippen LogP contribution in [0, 0.1) is 11.3 Å². The number of nitrogens with zero attached hydrogens (tertiary/aromatic N) is 5. The number of hydrogen-bond acceptors (Lipinski definition) is 10. The number of rotatable bonds is 8. The summed E-state index contributed by atoms with van der Waals surface area (Å²) >= 11 is 3.63. The van der Waals surface area contributed by atoms with Gasteiger partial charge in [0.1, 0.15) is 17.4 Å². The van der Waals surface area contributed by atoms with Crippen molar-refractivity contribution in [1.29, 1.82) is 5.26 Å². The van der Waals surface area contributed by atoms with Gasteiger partial charge in [0.25, 0.3) is 11.6 Å². The van der Waals surface area contributed by atoms with Gasteiger partial charge < -0.3 is 19.7 Å². The Balaban J connectivity index is 1.85. The Hall–Kier alpha value is -2.21. The molecule has 14 heteroatoms. The highest BCUT2D eigenvalue weighted by molar-refractivity contribution is 8.01. The van der Waals surface area contributed by atoms with Crippen LogP contribution >= 0.6 is 35.3 Å². The van der Waals surface area contributed by atoms with Crippen LogP contribution in [-0.2, 0) is 26.2 Å². The molecule has 1 saturated heterocycles. The Morgan fingerprint density at radius 2 is 2.33 bits per heavy atom. The molecule has 1 fully saturated rings. The third-order valence-corrected chi connectivity index (χ3v) is 7.87. The smallest absolute Gasteiger partial charge is 0.352 e. The molecule has 0 radical (unpaired) electrons. The SMILES string of the molecule is CO[C@@]1(NC(=O)C(C#N)SC)C(=O)N2C(C(=O)O)=C(CSc3nncn3C)CS[C@H]21. The molecular weight excluding hydrogens is 452 g/mol. The number of ether oxygens (including phenoxy) is 1. The average molecular weight is 471 g/mol. The third kappa shape index (κ3) is 3.66. The van der Waals surface area contributed by atoms with Crippen molar-refractivity contribution < 1.29 is 24.2 Å². The lowest BCUT2D eigenvalue weighted by Crippen LogP contribution is -2.81. The van der Waals surface area contributed by atoms with Gasteiger partial charge in [-0.1, -0.05) is 11.8 Å². The zero-order valence-electron chi connectivity index (χ0n) is 16.2. The predicted octanol–water partition coefficient (Wildman–Crippen LogP) is -0.125. The number of amides is 2. The van der Waals surface area contributed by atoms with E-state index in [2.05, 4.69) is 15.5 Å². The molecule has 3 rings (SSSR count). The molecule has 1 aromatic heterocycles. The summed E-state index contributed by atoms with van der Waals surface area (Å²) in [5, 5.41) is 28.0. The van der Waals surface area contributed by atoms with Crippen LogP contribution in [0.15, 0.2) is 22.8 Å². The van der Waals surface area contributed by atoms with Gasteiger partial charge in [0.05, 0.1) is 6.07 Å². The summed E-state index contributed by atoms with van der Waals surface area (Å²) in [6.45, 7) is 0. The van der Waals surface area contributed by atoms with Crippen LogP contribution in [0.1, 0.15) is 0 Å². The number of thioether (sulfide) groups is 3. The van der Waals surface area contributed by atoms with E-state index in [1.807, 2.05) is 6.07 Å². The number of carbonyl (C=O) groups excluding carboxylic acids is 2. The number of carbonyl (C=O) groups is 3. The summed E-state index contributed by atoms with van der Waals surface area (Å²) < 4.78 is 7.07. The van der Waals surface area contributed by atoms with Crippen molar-refractivity contribution in [2.24, 2.45) is 7.05 Å². The Morgan fingerprint density at radius 3 is 2.87 bits per heavy atom. The van der Waals surface area contributed by atoms with Gasteiger partial charge in [-0.15, -0.1) is 33.7 Å². The van der Waals surface area contributed by atoms with Crippen LogP contribution < -0.4 is 5.32 Å². The van der Waals surface area contributed by atoms with Crippen molar-refractivity contribution in [2.75, 3.05) is 24.9 Å². The predicted molar refractivity (Wildman–Crippen MR) is 110 cm³/mol. The molecule has 0 aromatic carbocycles. The number of carboxylic acid groups (broad SMARTS) is 1. The van der Waals surface area contributed by atoms with Gasteiger partial charge in [-0.05, 0) is 11.8 Å². The molecule has 30 heavy (non-hydrogen) atoms. The van der Waals surface area contributed by atoms with E-state index in [0.29, 0.717) is 22.2 Å². The van der Waals surface area contributed by atoms with Crippen LogP contribution in [0.5, 0.6) is 0 Å². The number of aromatic nitrogens is 3. The van der Waals surface area contributed by atoms with Crippen LogP contribution in [0.25, 0.3) is 0 Å². The fraction of sp³-hybridized carbons (Fsp3) is 0.500. The summed E-state index contributed by atoms with van der Waals surface area (Å²) in [7, 11) is 3.04. The minimum Gasteiger partial charge on any atom is -0.477 e. The number of aliphatic carboxylic acids is 1. The monoisotopic (exact) mass is 470 g/mol. The lowest BCUT2D eigenvalue weighted by atomic mass is 9.98. The van der Waals surface area contributed by atoms with Crippen molar-refractivity contribution in [2.45, 2.75) is 21.5 Å². The van der Waals surface area contributed by atoms with Crippen LogP contribution in [0.3, 0.4) is 0 Å². The fourth-order valence-corrected chi connectivity index (χ4v) is 5.92. The minimum absolute atomic E-state index is 0.123. The van der Waals surface area contributed by atoms with E-state index in [1.54, 1.807) is 17.9 Å². The first-order valence-electron chi connectivity index (χ1n) is 8.47. The quantitative estimate of drug-likeness (QED) is 0.297. The van der Waals surface area contributed by atoms with Gasteiger partial charge >= 0.3 is 5.97 Å². The van der Waals surface area contributed by atoms with E-state index in [1.165, 1.54) is 37.0 Å². The van der Waals surface area contributed by atoms with E-state index in [-0.39, 0.29) is 5.70 Å². The van der Waals surface area contributed by atoms with Gasteiger partial charge in [-0.3, -0.25) is 14.5 Å². The Labute approximate surface area is 184 Å². The molecule has 3 heterocycles. The average Bonchev–Trinajstić information content (AvgIpc) is 3.14. The molecule has 160 valence electrons. The summed E-state index contributed by atoms with van der Waals surface area (Å²) in [6.07, 6.45) is 3.14. The summed E-state index contributed by atoms with van der Waals surface area (Å²) in [5.74, 6) is -1.95. The van der Waals surface area contributed by atoms with Gasteiger partial charge in [-0.2, -0.15) is 5.26 Å². The molecule has 2 amide bonds. The second-order valence-corrected chi connectivity index (χ2v) is 9.24. The molecule has 0 bridgehead atoms. The van der Waals surface area contributed by atoms with E-state index >= 15 is 0 Å². The van der Waals surface area contributed by atoms with E-state index in [9.17, 15) is 19.5 Å². The second kappa shape index (κ2) is 8.88. The largest absolute Gasteiger partial charge is 0.477 e. The Morgan fingerprint density at radius 1 is 1.60 bits per heavy atom. The summed E-state index contributed by atoms with van der Waals surface area (Å²) in [6, 6.07) is 1.85. The molecule has 11 nitrogen and oxygen atoms in total. The first kappa shape index (κ1) is 22.5. The zero-order valence-corrected chi connectivity index (χ0v) is 18.6. The van der Waals surface area contributed by atoms with Crippen molar-refractivity contribution in [3.05, 3.63) is 17.6 Å². The molecule has 3 atom stereocenters. The van der Waals surface area contributed by atoms with Crippen LogP contribution in [0.4, 0.5) is 0 Å². The summed E-state index contributed by atoms with van der Waals surface area (Å²) in [5.41, 5.74) is -1.28. The van der Waals surface area contributed by atoms with Crippen molar-refractivity contribution in [3.8, 4) is 6.07 Å². The Bertz CT molecular complexity index is 959. The number of aryl methyl sites for hydroxylation is 1. The Kier molecular flexibility index (Phi) is 6.65. The van der Waals surface area contributed by atoms with E-state index in [0.717, 1.165) is 16.7 Å². The molecule has 1 aromatic rings. The van der Waals surface area contributed by atoms with Gasteiger partial charge in [0.15, 0.2) is 10.4 Å². The molecular formula is C16H18N6O5S3. The number of carboxylic acids is 1. The lowest BCUT2D eigenvalue weighted by Gasteiger charge is -2.55. The van der Waals surface area contributed by atoms with Crippen LogP contribution in [0.2, 0.25) is 0 Å². The maximum Gasteiger partial charge on any atom is 0.352 e. The third-order valence-electron chi connectivity index (χ3n) is 4.58. The van der Waals surface area contributed by atoms with Crippen molar-refractivity contribution in [1.82, 2.24) is 25.0 Å². The number of hydrogen-bond donors (Lipinski definition) is 2.